The van der Waals surface area contributed by atoms with Crippen LogP contribution in [-0.2, 0) is 10.0 Å². The molecular weight excluding hydrogens is 338 g/mol. The molecule has 0 radical (unpaired) electrons. The van der Waals surface area contributed by atoms with Crippen LogP contribution in [0.4, 0.5) is 5.69 Å². The summed E-state index contributed by atoms with van der Waals surface area (Å²) in [5.41, 5.74) is 3.32. The van der Waals surface area contributed by atoms with Crippen molar-refractivity contribution < 1.29 is 8.42 Å². The standard InChI is InChI=1S/C15H16BrNO2S/c1-10-8-12(3)15(9-11(10)2)20(18,19)17-14-7-5-4-6-13(14)16/h4-9,17H,1-3H3. The number of halogens is 1. The van der Waals surface area contributed by atoms with E-state index in [0.29, 0.717) is 15.1 Å². The van der Waals surface area contributed by atoms with Crippen molar-refractivity contribution in [3.63, 3.8) is 0 Å². The second-order valence-electron chi connectivity index (χ2n) is 4.79. The highest BCUT2D eigenvalue weighted by atomic mass is 79.9. The third kappa shape index (κ3) is 3.04. The maximum absolute atomic E-state index is 12.5. The molecule has 0 bridgehead atoms. The van der Waals surface area contributed by atoms with Gasteiger partial charge in [-0.05, 0) is 71.6 Å². The topological polar surface area (TPSA) is 46.2 Å². The van der Waals surface area contributed by atoms with Gasteiger partial charge in [-0.2, -0.15) is 0 Å². The normalized spacial score (nSPS) is 11.4. The van der Waals surface area contributed by atoms with E-state index in [0.717, 1.165) is 16.7 Å². The second kappa shape index (κ2) is 5.58. The predicted octanol–water partition coefficient (Wildman–Crippen LogP) is 4.18. The Balaban J connectivity index is 2.47. The molecule has 0 aliphatic heterocycles. The summed E-state index contributed by atoms with van der Waals surface area (Å²) in [5, 5.41) is 0. The Morgan fingerprint density at radius 2 is 1.55 bits per heavy atom. The fourth-order valence-electron chi connectivity index (χ4n) is 1.97. The number of rotatable bonds is 3. The molecule has 0 aliphatic carbocycles. The predicted molar refractivity (Wildman–Crippen MR) is 85.6 cm³/mol. The first-order valence-electron chi connectivity index (χ1n) is 6.16. The van der Waals surface area contributed by atoms with Gasteiger partial charge in [-0.15, -0.1) is 0 Å². The molecule has 0 heterocycles. The van der Waals surface area contributed by atoms with Gasteiger partial charge in [0.15, 0.2) is 0 Å². The fourth-order valence-corrected chi connectivity index (χ4v) is 3.87. The Morgan fingerprint density at radius 3 is 2.20 bits per heavy atom. The summed E-state index contributed by atoms with van der Waals surface area (Å²) in [6.45, 7) is 5.69. The summed E-state index contributed by atoms with van der Waals surface area (Å²) in [6.07, 6.45) is 0. The first kappa shape index (κ1) is 15.1. The second-order valence-corrected chi connectivity index (χ2v) is 7.29. The van der Waals surface area contributed by atoms with Crippen molar-refractivity contribution in [1.82, 2.24) is 0 Å². The smallest absolute Gasteiger partial charge is 0.262 e. The first-order valence-corrected chi connectivity index (χ1v) is 8.44. The van der Waals surface area contributed by atoms with Crippen LogP contribution in [0, 0.1) is 20.8 Å². The molecule has 3 nitrogen and oxygen atoms in total. The number of nitrogens with one attached hydrogen (secondary N) is 1. The fraction of sp³-hybridized carbons (Fsp3) is 0.200. The molecule has 0 saturated heterocycles. The molecule has 0 fully saturated rings. The van der Waals surface area contributed by atoms with E-state index >= 15 is 0 Å². The average molecular weight is 354 g/mol. The highest BCUT2D eigenvalue weighted by Crippen LogP contribution is 2.26. The molecule has 1 N–H and O–H groups in total. The number of anilines is 1. The maximum atomic E-state index is 12.5. The SMILES string of the molecule is Cc1cc(C)c(S(=O)(=O)Nc2ccccc2Br)cc1C. The van der Waals surface area contributed by atoms with Crippen LogP contribution in [0.25, 0.3) is 0 Å². The number of benzene rings is 2. The van der Waals surface area contributed by atoms with Crippen molar-refractivity contribution >= 4 is 31.6 Å². The summed E-state index contributed by atoms with van der Waals surface area (Å²) in [6, 6.07) is 10.7. The van der Waals surface area contributed by atoms with E-state index in [1.807, 2.05) is 26.0 Å². The van der Waals surface area contributed by atoms with Gasteiger partial charge in [0.1, 0.15) is 0 Å². The number of hydrogen-bond acceptors (Lipinski definition) is 2. The van der Waals surface area contributed by atoms with Crippen molar-refractivity contribution in [2.24, 2.45) is 0 Å². The number of para-hydroxylation sites is 1. The van der Waals surface area contributed by atoms with Crippen molar-refractivity contribution in [2.45, 2.75) is 25.7 Å². The maximum Gasteiger partial charge on any atom is 0.262 e. The van der Waals surface area contributed by atoms with E-state index in [1.165, 1.54) is 0 Å². The quantitative estimate of drug-likeness (QED) is 0.899. The van der Waals surface area contributed by atoms with E-state index < -0.39 is 10.0 Å². The van der Waals surface area contributed by atoms with Crippen molar-refractivity contribution in [2.75, 3.05) is 4.72 Å². The largest absolute Gasteiger partial charge is 0.278 e. The Kier molecular flexibility index (Phi) is 4.20. The summed E-state index contributed by atoms with van der Waals surface area (Å²) in [5.74, 6) is 0. The van der Waals surface area contributed by atoms with Gasteiger partial charge < -0.3 is 0 Å². The lowest BCUT2D eigenvalue weighted by Gasteiger charge is -2.13. The van der Waals surface area contributed by atoms with Crippen LogP contribution in [0.1, 0.15) is 16.7 Å². The highest BCUT2D eigenvalue weighted by molar-refractivity contribution is 9.10. The number of hydrogen-bond donors (Lipinski definition) is 1. The molecule has 0 aromatic heterocycles. The van der Waals surface area contributed by atoms with Gasteiger partial charge in [0, 0.05) is 4.47 Å². The van der Waals surface area contributed by atoms with Gasteiger partial charge >= 0.3 is 0 Å². The summed E-state index contributed by atoms with van der Waals surface area (Å²) in [4.78, 5) is 0.316. The molecule has 106 valence electrons. The molecule has 0 aliphatic rings. The molecule has 2 aromatic rings. The molecule has 0 amide bonds. The van der Waals surface area contributed by atoms with Crippen LogP contribution < -0.4 is 4.72 Å². The van der Waals surface area contributed by atoms with Crippen LogP contribution in [-0.4, -0.2) is 8.42 Å². The first-order chi connectivity index (χ1) is 9.31. The lowest BCUT2D eigenvalue weighted by molar-refractivity contribution is 0.600. The van der Waals surface area contributed by atoms with Crippen molar-refractivity contribution in [3.8, 4) is 0 Å². The lowest BCUT2D eigenvalue weighted by Crippen LogP contribution is -2.15. The van der Waals surface area contributed by atoms with Crippen molar-refractivity contribution in [3.05, 3.63) is 57.6 Å². The zero-order valence-corrected chi connectivity index (χ0v) is 14.0. The minimum Gasteiger partial charge on any atom is -0.278 e. The zero-order valence-electron chi connectivity index (χ0n) is 11.6. The Labute approximate surface area is 128 Å². The van der Waals surface area contributed by atoms with Crippen LogP contribution in [0.15, 0.2) is 45.8 Å². The molecule has 2 aromatic carbocycles. The monoisotopic (exact) mass is 353 g/mol. The van der Waals surface area contributed by atoms with Crippen LogP contribution in [0.3, 0.4) is 0 Å². The molecule has 0 atom stereocenters. The van der Waals surface area contributed by atoms with Gasteiger partial charge in [-0.1, -0.05) is 18.2 Å². The van der Waals surface area contributed by atoms with Crippen LogP contribution in [0.5, 0.6) is 0 Å². The Bertz CT molecular complexity index is 754. The molecule has 20 heavy (non-hydrogen) atoms. The van der Waals surface area contributed by atoms with Crippen LogP contribution in [0.2, 0.25) is 0 Å². The minimum atomic E-state index is -3.59. The van der Waals surface area contributed by atoms with Gasteiger partial charge in [0.25, 0.3) is 10.0 Å². The minimum absolute atomic E-state index is 0.316. The third-order valence-electron chi connectivity index (χ3n) is 3.20. The Hall–Kier alpha value is -1.33. The molecule has 0 saturated carbocycles. The average Bonchev–Trinajstić information content (AvgIpc) is 2.36. The van der Waals surface area contributed by atoms with Gasteiger partial charge in [-0.25, -0.2) is 8.42 Å². The van der Waals surface area contributed by atoms with E-state index in [1.54, 1.807) is 31.2 Å². The summed E-state index contributed by atoms with van der Waals surface area (Å²) >= 11 is 3.34. The number of aryl methyl sites for hydroxylation is 3. The van der Waals surface area contributed by atoms with Crippen LogP contribution >= 0.6 is 15.9 Å². The van der Waals surface area contributed by atoms with E-state index in [4.69, 9.17) is 0 Å². The molecule has 0 unspecified atom stereocenters. The molecule has 5 heteroatoms. The molecular formula is C15H16BrNO2S. The highest BCUT2D eigenvalue weighted by Gasteiger charge is 2.18. The van der Waals surface area contributed by atoms with E-state index in [2.05, 4.69) is 20.7 Å². The van der Waals surface area contributed by atoms with E-state index in [-0.39, 0.29) is 0 Å². The van der Waals surface area contributed by atoms with Gasteiger partial charge in [-0.3, -0.25) is 4.72 Å². The number of sulfonamides is 1. The van der Waals surface area contributed by atoms with Gasteiger partial charge in [0.05, 0.1) is 10.6 Å². The molecule has 0 spiro atoms. The summed E-state index contributed by atoms with van der Waals surface area (Å²) in [7, 11) is -3.59. The van der Waals surface area contributed by atoms with Gasteiger partial charge in [0.2, 0.25) is 0 Å². The van der Waals surface area contributed by atoms with E-state index in [9.17, 15) is 8.42 Å². The zero-order chi connectivity index (χ0) is 14.9. The lowest BCUT2D eigenvalue weighted by atomic mass is 10.1. The molecule has 2 rings (SSSR count). The third-order valence-corrected chi connectivity index (χ3v) is 5.40. The summed E-state index contributed by atoms with van der Waals surface area (Å²) < 4.78 is 28.3. The van der Waals surface area contributed by atoms with Crippen molar-refractivity contribution in [1.29, 1.82) is 0 Å². The Morgan fingerprint density at radius 1 is 0.950 bits per heavy atom.